The lowest BCUT2D eigenvalue weighted by molar-refractivity contribution is -0.120. The van der Waals surface area contributed by atoms with Gasteiger partial charge in [0, 0.05) is 12.1 Å². The number of nitrogens with one attached hydrogen (secondary N) is 1. The van der Waals surface area contributed by atoms with Crippen LogP contribution in [0.1, 0.15) is 25.0 Å². The van der Waals surface area contributed by atoms with E-state index in [1.165, 1.54) is 6.33 Å². The van der Waals surface area contributed by atoms with Gasteiger partial charge in [0.15, 0.2) is 5.65 Å². The summed E-state index contributed by atoms with van der Waals surface area (Å²) in [5.41, 5.74) is 10.1. The average molecular weight is 415 g/mol. The van der Waals surface area contributed by atoms with E-state index in [4.69, 9.17) is 10.8 Å². The van der Waals surface area contributed by atoms with Crippen molar-refractivity contribution in [3.8, 4) is 11.3 Å². The first-order chi connectivity index (χ1) is 14.8. The molecule has 7 nitrogen and oxygen atoms in total. The Labute approximate surface area is 181 Å². The maximum Gasteiger partial charge on any atom is 0.224 e. The molecule has 0 radical (unpaired) electrons. The number of nitrogens with zero attached hydrogens (tertiary/aromatic N) is 4. The van der Waals surface area contributed by atoms with Crippen molar-refractivity contribution in [3.05, 3.63) is 72.1 Å². The summed E-state index contributed by atoms with van der Waals surface area (Å²) in [6, 6.07) is 17.8. The maximum absolute atomic E-state index is 12.5. The highest BCUT2D eigenvalue weighted by molar-refractivity contribution is 5.98. The molecule has 0 saturated heterocycles. The van der Waals surface area contributed by atoms with Gasteiger partial charge < -0.3 is 11.1 Å². The fraction of sp³-hybridized carbons (Fsp3) is 0.250. The standard InChI is InChI=1S/C24H26N6O/c1-16-9-11-18(12-10-16)21-20-22(25)27-15-28-23(20)30(29-21)24(2,3)14-26-19(31)13-17-7-5-4-6-8-17/h4-12,15H,13-14H2,1-3H3,(H,26,31)(H2,25,27,28). The van der Waals surface area contributed by atoms with Crippen molar-refractivity contribution < 1.29 is 4.79 Å². The molecule has 2 heterocycles. The highest BCUT2D eigenvalue weighted by Crippen LogP contribution is 2.32. The lowest BCUT2D eigenvalue weighted by atomic mass is 10.1. The van der Waals surface area contributed by atoms with Crippen molar-refractivity contribution in [1.29, 1.82) is 0 Å². The zero-order chi connectivity index (χ0) is 22.0. The number of hydrogen-bond donors (Lipinski definition) is 2. The number of hydrogen-bond acceptors (Lipinski definition) is 5. The predicted molar refractivity (Wildman–Crippen MR) is 122 cm³/mol. The zero-order valence-electron chi connectivity index (χ0n) is 18.0. The average Bonchev–Trinajstić information content (AvgIpc) is 3.16. The van der Waals surface area contributed by atoms with Crippen LogP contribution in [0.2, 0.25) is 0 Å². The van der Waals surface area contributed by atoms with Crippen LogP contribution in [-0.4, -0.2) is 32.2 Å². The largest absolute Gasteiger partial charge is 0.383 e. The molecule has 0 aliphatic carbocycles. The van der Waals surface area contributed by atoms with Gasteiger partial charge in [-0.2, -0.15) is 5.10 Å². The normalized spacial score (nSPS) is 11.6. The van der Waals surface area contributed by atoms with E-state index in [2.05, 4.69) is 15.3 Å². The number of rotatable bonds is 6. The second kappa shape index (κ2) is 8.18. The number of nitrogen functional groups attached to an aromatic ring is 1. The summed E-state index contributed by atoms with van der Waals surface area (Å²) in [4.78, 5) is 21.1. The molecule has 2 aromatic heterocycles. The molecule has 0 bridgehead atoms. The third kappa shape index (κ3) is 4.26. The molecule has 0 unspecified atom stereocenters. The third-order valence-corrected chi connectivity index (χ3v) is 5.32. The lowest BCUT2D eigenvalue weighted by Gasteiger charge is -2.26. The summed E-state index contributed by atoms with van der Waals surface area (Å²) >= 11 is 0. The van der Waals surface area contributed by atoms with Crippen LogP contribution in [0.5, 0.6) is 0 Å². The first-order valence-corrected chi connectivity index (χ1v) is 10.2. The summed E-state index contributed by atoms with van der Waals surface area (Å²) in [6.07, 6.45) is 1.78. The number of carbonyl (C=O) groups is 1. The molecule has 31 heavy (non-hydrogen) atoms. The van der Waals surface area contributed by atoms with Gasteiger partial charge in [-0.05, 0) is 26.3 Å². The molecule has 0 saturated carbocycles. The van der Waals surface area contributed by atoms with Crippen LogP contribution in [-0.2, 0) is 16.8 Å². The molecule has 7 heteroatoms. The van der Waals surface area contributed by atoms with E-state index in [0.29, 0.717) is 24.4 Å². The summed E-state index contributed by atoms with van der Waals surface area (Å²) in [6.45, 7) is 6.46. The lowest BCUT2D eigenvalue weighted by Crippen LogP contribution is -2.42. The fourth-order valence-electron chi connectivity index (χ4n) is 3.54. The topological polar surface area (TPSA) is 98.7 Å². The Morgan fingerprint density at radius 3 is 2.48 bits per heavy atom. The van der Waals surface area contributed by atoms with Crippen LogP contribution in [0.25, 0.3) is 22.3 Å². The Morgan fingerprint density at radius 1 is 1.06 bits per heavy atom. The van der Waals surface area contributed by atoms with E-state index in [0.717, 1.165) is 27.8 Å². The summed E-state index contributed by atoms with van der Waals surface area (Å²) in [5, 5.41) is 8.62. The van der Waals surface area contributed by atoms with Crippen molar-refractivity contribution >= 4 is 22.8 Å². The summed E-state index contributed by atoms with van der Waals surface area (Å²) < 4.78 is 1.83. The van der Waals surface area contributed by atoms with Gasteiger partial charge in [0.2, 0.25) is 5.91 Å². The van der Waals surface area contributed by atoms with Gasteiger partial charge in [0.05, 0.1) is 17.3 Å². The van der Waals surface area contributed by atoms with Crippen LogP contribution < -0.4 is 11.1 Å². The van der Waals surface area contributed by atoms with Crippen molar-refractivity contribution in [2.75, 3.05) is 12.3 Å². The van der Waals surface area contributed by atoms with Gasteiger partial charge in [-0.15, -0.1) is 0 Å². The number of amides is 1. The Bertz CT molecular complexity index is 1210. The van der Waals surface area contributed by atoms with E-state index < -0.39 is 5.54 Å². The van der Waals surface area contributed by atoms with Gasteiger partial charge in [0.1, 0.15) is 17.8 Å². The van der Waals surface area contributed by atoms with E-state index in [-0.39, 0.29) is 5.91 Å². The Balaban J connectivity index is 1.64. The van der Waals surface area contributed by atoms with Crippen LogP contribution in [0.4, 0.5) is 5.82 Å². The Kier molecular flexibility index (Phi) is 5.42. The van der Waals surface area contributed by atoms with Crippen molar-refractivity contribution in [2.45, 2.75) is 32.7 Å². The zero-order valence-corrected chi connectivity index (χ0v) is 18.0. The molecule has 3 N–H and O–H groups in total. The number of aromatic nitrogens is 4. The number of anilines is 1. The second-order valence-electron chi connectivity index (χ2n) is 8.34. The van der Waals surface area contributed by atoms with Gasteiger partial charge in [-0.3, -0.25) is 4.79 Å². The minimum absolute atomic E-state index is 0.0383. The summed E-state index contributed by atoms with van der Waals surface area (Å²) in [5.74, 6) is 0.347. The number of aryl methyl sites for hydroxylation is 1. The van der Waals surface area contributed by atoms with Crippen molar-refractivity contribution in [3.63, 3.8) is 0 Å². The van der Waals surface area contributed by atoms with Gasteiger partial charge in [-0.25, -0.2) is 14.6 Å². The van der Waals surface area contributed by atoms with Crippen LogP contribution in [0.15, 0.2) is 60.9 Å². The van der Waals surface area contributed by atoms with Crippen LogP contribution in [0.3, 0.4) is 0 Å². The molecule has 0 atom stereocenters. The maximum atomic E-state index is 12.5. The molecule has 0 aliphatic rings. The molecular formula is C24H26N6O. The van der Waals surface area contributed by atoms with Gasteiger partial charge >= 0.3 is 0 Å². The quantitative estimate of drug-likeness (QED) is 0.503. The Morgan fingerprint density at radius 2 is 1.77 bits per heavy atom. The number of carbonyl (C=O) groups excluding carboxylic acids is 1. The van der Waals surface area contributed by atoms with Crippen LogP contribution in [0, 0.1) is 6.92 Å². The molecule has 0 aliphatic heterocycles. The minimum atomic E-state index is -0.533. The molecule has 4 rings (SSSR count). The highest BCUT2D eigenvalue weighted by Gasteiger charge is 2.28. The molecule has 158 valence electrons. The van der Waals surface area contributed by atoms with Gasteiger partial charge in [-0.1, -0.05) is 60.2 Å². The molecule has 0 fully saturated rings. The smallest absolute Gasteiger partial charge is 0.224 e. The highest BCUT2D eigenvalue weighted by atomic mass is 16.1. The minimum Gasteiger partial charge on any atom is -0.383 e. The number of fused-ring (bicyclic) bond motifs is 1. The number of nitrogens with two attached hydrogens (primary N) is 1. The second-order valence-corrected chi connectivity index (χ2v) is 8.34. The van der Waals surface area contributed by atoms with Gasteiger partial charge in [0.25, 0.3) is 0 Å². The Hall–Kier alpha value is -3.74. The molecular weight excluding hydrogens is 388 g/mol. The SMILES string of the molecule is Cc1ccc(-c2nn(C(C)(C)CNC(=O)Cc3ccccc3)c3ncnc(N)c23)cc1. The molecule has 2 aromatic carbocycles. The van der Waals surface area contributed by atoms with E-state index in [1.807, 2.05) is 80.1 Å². The van der Waals surface area contributed by atoms with Crippen molar-refractivity contribution in [2.24, 2.45) is 0 Å². The van der Waals surface area contributed by atoms with E-state index in [1.54, 1.807) is 0 Å². The first kappa shape index (κ1) is 20.5. The van der Waals surface area contributed by atoms with Crippen molar-refractivity contribution in [1.82, 2.24) is 25.1 Å². The first-order valence-electron chi connectivity index (χ1n) is 10.2. The fourth-order valence-corrected chi connectivity index (χ4v) is 3.54. The van der Waals surface area contributed by atoms with E-state index >= 15 is 0 Å². The molecule has 0 spiro atoms. The predicted octanol–water partition coefficient (Wildman–Crippen LogP) is 3.48. The van der Waals surface area contributed by atoms with E-state index in [9.17, 15) is 4.79 Å². The monoisotopic (exact) mass is 414 g/mol. The summed E-state index contributed by atoms with van der Waals surface area (Å²) in [7, 11) is 0. The van der Waals surface area contributed by atoms with Crippen LogP contribution >= 0.6 is 0 Å². The molecule has 1 amide bonds. The number of benzene rings is 2. The molecule has 4 aromatic rings. The third-order valence-electron chi connectivity index (χ3n) is 5.32.